The highest BCUT2D eigenvalue weighted by atomic mass is 16.5. The number of pyridine rings is 1. The number of anilines is 2. The largest absolute Gasteiger partial charge is 0.457 e. The third-order valence-electron chi connectivity index (χ3n) is 9.37. The number of nitrogens with zero attached hydrogens (tertiary/aromatic N) is 5. The van der Waals surface area contributed by atoms with E-state index < -0.39 is 0 Å². The fourth-order valence-electron chi connectivity index (χ4n) is 7.48. The second-order valence-electron chi connectivity index (χ2n) is 12.6. The molecule has 4 heterocycles. The zero-order valence-corrected chi connectivity index (χ0v) is 27.1. The van der Waals surface area contributed by atoms with Crippen molar-refractivity contribution in [3.63, 3.8) is 0 Å². The van der Waals surface area contributed by atoms with E-state index in [4.69, 9.17) is 9.72 Å². The molecule has 3 aromatic heterocycles. The fraction of sp³-hybridized carbons (Fsp3) is 0.0952. The summed E-state index contributed by atoms with van der Waals surface area (Å²) in [5.74, 6) is 3.39. The van der Waals surface area contributed by atoms with Crippen LogP contribution in [0.1, 0.15) is 16.7 Å². The van der Waals surface area contributed by atoms with Crippen molar-refractivity contribution < 1.29 is 4.74 Å². The monoisotopic (exact) mass is 623 g/mol. The zero-order chi connectivity index (χ0) is 32.4. The summed E-state index contributed by atoms with van der Waals surface area (Å²) in [7, 11) is 0. The molecule has 0 spiro atoms. The first-order valence-corrected chi connectivity index (χ1v) is 16.3. The minimum atomic E-state index is 0.650. The molecule has 0 bridgehead atoms. The smallest absolute Gasteiger partial charge is 0.143 e. The van der Waals surface area contributed by atoms with Gasteiger partial charge in [-0.15, -0.1) is 0 Å². The van der Waals surface area contributed by atoms with E-state index >= 15 is 0 Å². The van der Waals surface area contributed by atoms with Gasteiger partial charge >= 0.3 is 0 Å². The summed E-state index contributed by atoms with van der Waals surface area (Å²) in [4.78, 5) is 11.7. The molecule has 0 N–H and O–H groups in total. The Labute approximate surface area is 279 Å². The number of fused-ring (bicyclic) bond motifs is 6. The molecular formula is C42H33N5O. The van der Waals surface area contributed by atoms with Crippen LogP contribution in [0.4, 0.5) is 11.4 Å². The summed E-state index contributed by atoms with van der Waals surface area (Å²) in [6.07, 6.45) is 5.76. The Morgan fingerprint density at radius 3 is 2.29 bits per heavy atom. The Kier molecular flexibility index (Phi) is 6.44. The van der Waals surface area contributed by atoms with E-state index in [2.05, 4.69) is 137 Å². The van der Waals surface area contributed by atoms with Gasteiger partial charge in [0.2, 0.25) is 0 Å². The summed E-state index contributed by atoms with van der Waals surface area (Å²) >= 11 is 0. The number of aryl methyl sites for hydroxylation is 3. The lowest BCUT2D eigenvalue weighted by Gasteiger charge is -2.32. The molecule has 0 radical (unpaired) electrons. The highest BCUT2D eigenvalue weighted by Crippen LogP contribution is 2.43. The lowest BCUT2D eigenvalue weighted by Crippen LogP contribution is -2.26. The maximum Gasteiger partial charge on any atom is 0.143 e. The molecule has 9 rings (SSSR count). The molecule has 5 aromatic carbocycles. The topological polar surface area (TPSA) is 48.1 Å². The Morgan fingerprint density at radius 2 is 1.44 bits per heavy atom. The first kappa shape index (κ1) is 28.1. The lowest BCUT2D eigenvalue weighted by molar-refractivity contribution is 0.483. The Balaban J connectivity index is 1.21. The van der Waals surface area contributed by atoms with Crippen molar-refractivity contribution in [3.05, 3.63) is 151 Å². The van der Waals surface area contributed by atoms with Gasteiger partial charge in [0.25, 0.3) is 0 Å². The molecule has 8 aromatic rings. The molecule has 1 aliphatic heterocycles. The van der Waals surface area contributed by atoms with E-state index in [1.165, 1.54) is 27.6 Å². The summed E-state index contributed by atoms with van der Waals surface area (Å²) in [6.45, 7) is 7.20. The standard InChI is InChI=1S/C42H33N5O/c1-27-20-28(2)41(29(3)21-27)30-22-31(46-26-45-19-18-44-42(45)36-11-5-6-12-37(36)46)24-33(23-30)48-32-15-16-35-34-10-4-7-13-38(34)47(39(35)25-32)40-14-8-9-17-43-40/h4-25H,26H2,1-3H3. The molecule has 6 nitrogen and oxygen atoms in total. The predicted molar refractivity (Wildman–Crippen MR) is 195 cm³/mol. The maximum absolute atomic E-state index is 6.83. The molecule has 0 unspecified atom stereocenters. The van der Waals surface area contributed by atoms with Crippen LogP contribution in [0.3, 0.4) is 0 Å². The van der Waals surface area contributed by atoms with Crippen LogP contribution in [0, 0.1) is 20.8 Å². The van der Waals surface area contributed by atoms with E-state index in [0.717, 1.165) is 62.1 Å². The van der Waals surface area contributed by atoms with E-state index in [1.54, 1.807) is 0 Å². The number of benzene rings is 5. The van der Waals surface area contributed by atoms with Crippen LogP contribution in [0.5, 0.6) is 11.5 Å². The summed E-state index contributed by atoms with van der Waals surface area (Å²) in [6, 6.07) is 40.5. The van der Waals surface area contributed by atoms with E-state index in [0.29, 0.717) is 6.67 Å². The first-order valence-electron chi connectivity index (χ1n) is 16.3. The van der Waals surface area contributed by atoms with Crippen LogP contribution in [-0.2, 0) is 6.67 Å². The van der Waals surface area contributed by atoms with Crippen molar-refractivity contribution >= 4 is 33.2 Å². The first-order chi connectivity index (χ1) is 23.5. The Morgan fingerprint density at radius 1 is 0.646 bits per heavy atom. The van der Waals surface area contributed by atoms with Crippen molar-refractivity contribution in [1.82, 2.24) is 19.1 Å². The minimum absolute atomic E-state index is 0.650. The van der Waals surface area contributed by atoms with Gasteiger partial charge in [0.15, 0.2) is 0 Å². The molecular weight excluding hydrogens is 590 g/mol. The van der Waals surface area contributed by atoms with Gasteiger partial charge in [-0.05, 0) is 97.6 Å². The number of para-hydroxylation sites is 2. The van der Waals surface area contributed by atoms with Crippen LogP contribution in [0.15, 0.2) is 134 Å². The average molecular weight is 624 g/mol. The second-order valence-corrected chi connectivity index (χ2v) is 12.6. The SMILES string of the molecule is Cc1cc(C)c(-c2cc(Oc3ccc4c5ccccc5n(-c5ccccn5)c4c3)cc(N3Cn4ccnc4-c4ccccc43)c2)c(C)c1. The molecule has 0 saturated carbocycles. The van der Waals surface area contributed by atoms with E-state index in [1.807, 2.05) is 36.8 Å². The number of hydrogen-bond acceptors (Lipinski definition) is 4. The van der Waals surface area contributed by atoms with E-state index in [-0.39, 0.29) is 0 Å². The van der Waals surface area contributed by atoms with Gasteiger partial charge in [0, 0.05) is 52.7 Å². The molecule has 48 heavy (non-hydrogen) atoms. The highest BCUT2D eigenvalue weighted by Gasteiger charge is 2.25. The van der Waals surface area contributed by atoms with Gasteiger partial charge in [-0.1, -0.05) is 54.1 Å². The van der Waals surface area contributed by atoms with Gasteiger partial charge in [0.1, 0.15) is 29.8 Å². The molecule has 0 saturated heterocycles. The molecule has 0 aliphatic carbocycles. The van der Waals surface area contributed by atoms with Gasteiger partial charge in [0.05, 0.1) is 16.7 Å². The fourth-order valence-corrected chi connectivity index (χ4v) is 7.48. The van der Waals surface area contributed by atoms with Crippen LogP contribution < -0.4 is 9.64 Å². The van der Waals surface area contributed by atoms with Gasteiger partial charge in [-0.3, -0.25) is 4.57 Å². The van der Waals surface area contributed by atoms with E-state index in [9.17, 15) is 0 Å². The third kappa shape index (κ3) is 4.56. The van der Waals surface area contributed by atoms with Crippen LogP contribution >= 0.6 is 0 Å². The number of hydrogen-bond donors (Lipinski definition) is 0. The molecule has 0 fully saturated rings. The summed E-state index contributed by atoms with van der Waals surface area (Å²) in [5.41, 5.74) is 11.5. The zero-order valence-electron chi connectivity index (χ0n) is 27.1. The quantitative estimate of drug-likeness (QED) is 0.191. The number of ether oxygens (including phenoxy) is 1. The lowest BCUT2D eigenvalue weighted by atomic mass is 9.93. The minimum Gasteiger partial charge on any atom is -0.457 e. The number of imidazole rings is 1. The number of rotatable bonds is 5. The van der Waals surface area contributed by atoms with Crippen molar-refractivity contribution in [2.75, 3.05) is 4.90 Å². The summed E-state index contributed by atoms with van der Waals surface area (Å²) < 4.78 is 11.2. The Bertz CT molecular complexity index is 2490. The van der Waals surface area contributed by atoms with Crippen molar-refractivity contribution in [3.8, 4) is 39.8 Å². The third-order valence-corrected chi connectivity index (χ3v) is 9.37. The van der Waals surface area contributed by atoms with Crippen LogP contribution in [0.2, 0.25) is 0 Å². The molecule has 0 amide bonds. The van der Waals surface area contributed by atoms with Gasteiger partial charge in [-0.25, -0.2) is 9.97 Å². The molecule has 0 atom stereocenters. The normalized spacial score (nSPS) is 12.4. The maximum atomic E-state index is 6.83. The van der Waals surface area contributed by atoms with Gasteiger partial charge in [-0.2, -0.15) is 0 Å². The van der Waals surface area contributed by atoms with Crippen LogP contribution in [-0.4, -0.2) is 19.1 Å². The van der Waals surface area contributed by atoms with Crippen molar-refractivity contribution in [2.45, 2.75) is 27.4 Å². The predicted octanol–water partition coefficient (Wildman–Crippen LogP) is 10.5. The van der Waals surface area contributed by atoms with Crippen molar-refractivity contribution in [1.29, 1.82) is 0 Å². The molecule has 6 heteroatoms. The van der Waals surface area contributed by atoms with Crippen molar-refractivity contribution in [2.24, 2.45) is 0 Å². The molecule has 1 aliphatic rings. The van der Waals surface area contributed by atoms with Gasteiger partial charge < -0.3 is 14.2 Å². The summed E-state index contributed by atoms with van der Waals surface area (Å²) in [5, 5.41) is 2.34. The second kappa shape index (κ2) is 11.0. The number of aromatic nitrogens is 4. The molecule has 232 valence electrons. The Hall–Kier alpha value is -6.14. The average Bonchev–Trinajstić information content (AvgIpc) is 3.70. The highest BCUT2D eigenvalue weighted by molar-refractivity contribution is 6.09. The van der Waals surface area contributed by atoms with Crippen LogP contribution in [0.25, 0.3) is 50.1 Å².